The van der Waals surface area contributed by atoms with E-state index in [0.29, 0.717) is 27.1 Å². The Morgan fingerprint density at radius 2 is 1.07 bits per heavy atom. The summed E-state index contributed by atoms with van der Waals surface area (Å²) in [6, 6.07) is 3.63. The Morgan fingerprint density at radius 3 is 1.49 bits per heavy atom. The predicted octanol–water partition coefficient (Wildman–Crippen LogP) is 13.0. The molecule has 0 aromatic carbocycles. The number of hydrogen-bond donors (Lipinski definition) is 3. The number of nitrogen functional groups attached to an aromatic ring is 1. The average Bonchev–Trinajstić information content (AvgIpc) is 4.28. The molecule has 2 saturated carbocycles. The summed E-state index contributed by atoms with van der Waals surface area (Å²) in [5.41, 5.74) is 6.34. The Hall–Kier alpha value is -5.75. The Kier molecular flexibility index (Phi) is 20.4. The number of carbonyl (C=O) groups excluding carboxylic acids is 3. The van der Waals surface area contributed by atoms with Crippen molar-refractivity contribution >= 4 is 76.4 Å². The molecule has 6 heterocycles. The van der Waals surface area contributed by atoms with E-state index in [2.05, 4.69) is 63.3 Å². The van der Waals surface area contributed by atoms with Gasteiger partial charge >= 0.3 is 18.3 Å². The molecule has 0 spiro atoms. The number of amides is 3. The van der Waals surface area contributed by atoms with Crippen molar-refractivity contribution in [2.24, 2.45) is 35.5 Å². The first kappa shape index (κ1) is 59.5. The highest BCUT2D eigenvalue weighted by atomic mass is 35.5. The fraction of sp³-hybridized carbons (Fsp3) is 0.625. The van der Waals surface area contributed by atoms with Crippen LogP contribution >= 0.6 is 23.2 Å². The summed E-state index contributed by atoms with van der Waals surface area (Å²) in [6.45, 7) is 26.6. The van der Waals surface area contributed by atoms with E-state index in [4.69, 9.17) is 43.1 Å². The summed E-state index contributed by atoms with van der Waals surface area (Å²) in [7, 11) is 0. The van der Waals surface area contributed by atoms with Gasteiger partial charge in [0.15, 0.2) is 5.82 Å². The third-order valence-electron chi connectivity index (χ3n) is 13.7. The van der Waals surface area contributed by atoms with Gasteiger partial charge in [-0.25, -0.2) is 44.3 Å². The number of halogens is 2. The minimum absolute atomic E-state index is 0.0354. The van der Waals surface area contributed by atoms with Crippen LogP contribution in [0.4, 0.5) is 49.3 Å². The van der Waals surface area contributed by atoms with E-state index < -0.39 is 35.1 Å². The second-order valence-corrected chi connectivity index (χ2v) is 24.5. The Labute approximate surface area is 460 Å². The lowest BCUT2D eigenvalue weighted by Gasteiger charge is -2.32. The van der Waals surface area contributed by atoms with Crippen LogP contribution in [-0.4, -0.2) is 97.7 Å². The molecule has 8 rings (SSSR count). The van der Waals surface area contributed by atoms with E-state index in [0.717, 1.165) is 96.3 Å². The molecular weight excluding hydrogens is 1010 g/mol. The molecule has 76 heavy (non-hydrogen) atoms. The van der Waals surface area contributed by atoms with Gasteiger partial charge in [0.25, 0.3) is 0 Å². The summed E-state index contributed by atoms with van der Waals surface area (Å²) < 4.78 is 15.9. The lowest BCUT2D eigenvalue weighted by molar-refractivity contribution is 0.0427. The molecule has 4 N–H and O–H groups in total. The van der Waals surface area contributed by atoms with Gasteiger partial charge in [0.2, 0.25) is 11.9 Å². The van der Waals surface area contributed by atoms with Gasteiger partial charge in [-0.15, -0.1) is 0 Å². The number of hydrogen-bond acceptors (Lipinski definition) is 16. The minimum Gasteiger partial charge on any atom is -0.444 e. The van der Waals surface area contributed by atoms with Crippen molar-refractivity contribution in [2.75, 3.05) is 63.8 Å². The van der Waals surface area contributed by atoms with E-state index in [1.165, 1.54) is 64.0 Å². The number of ether oxygens (including phenoxy) is 3. The molecule has 20 heteroatoms. The van der Waals surface area contributed by atoms with Crippen molar-refractivity contribution in [1.82, 2.24) is 29.9 Å². The first-order valence-electron chi connectivity index (χ1n) is 26.9. The summed E-state index contributed by atoms with van der Waals surface area (Å²) in [6.07, 6.45) is 19.3. The molecule has 2 aliphatic carbocycles. The number of carbonyl (C=O) groups is 3. The number of piperidine rings is 2. The second-order valence-electron chi connectivity index (χ2n) is 23.6. The molecule has 4 aromatic rings. The second kappa shape index (κ2) is 26.1. The number of pyridine rings is 2. The highest BCUT2D eigenvalue weighted by Crippen LogP contribution is 2.51. The molecule has 4 aliphatic rings. The molecule has 4 aromatic heterocycles. The van der Waals surface area contributed by atoms with Crippen molar-refractivity contribution in [2.45, 2.75) is 158 Å². The number of nitrogens with two attached hydrogens (primary N) is 1. The van der Waals surface area contributed by atoms with Crippen LogP contribution in [0.25, 0.3) is 0 Å². The molecule has 0 radical (unpaired) electrons. The number of rotatable bonds is 12. The van der Waals surface area contributed by atoms with Gasteiger partial charge in [-0.05, 0) is 180 Å². The average molecular weight is 1090 g/mol. The number of imide groups is 1. The van der Waals surface area contributed by atoms with Crippen molar-refractivity contribution in [1.29, 1.82) is 0 Å². The monoisotopic (exact) mass is 1090 g/mol. The highest BCUT2D eigenvalue weighted by molar-refractivity contribution is 6.30. The smallest absolute Gasteiger partial charge is 0.425 e. The van der Waals surface area contributed by atoms with Crippen LogP contribution in [-0.2, 0) is 14.2 Å². The Bertz CT molecular complexity index is 2510. The number of nitrogens with zero attached hydrogens (tertiary/aromatic N) is 9. The number of aromatic nitrogens is 6. The molecule has 0 unspecified atom stereocenters. The molecule has 416 valence electrons. The third kappa shape index (κ3) is 18.8. The maximum absolute atomic E-state index is 12.7. The fourth-order valence-corrected chi connectivity index (χ4v) is 10.2. The van der Waals surface area contributed by atoms with Crippen LogP contribution < -0.4 is 31.1 Å². The van der Waals surface area contributed by atoms with Crippen LogP contribution in [0.15, 0.2) is 49.3 Å². The maximum atomic E-state index is 12.7. The fourth-order valence-electron chi connectivity index (χ4n) is 9.96. The van der Waals surface area contributed by atoms with Gasteiger partial charge < -0.3 is 35.1 Å². The van der Waals surface area contributed by atoms with Gasteiger partial charge in [0.1, 0.15) is 22.6 Å². The highest BCUT2D eigenvalue weighted by Gasteiger charge is 2.44. The molecule has 0 bridgehead atoms. The Balaban J connectivity index is 0.000000189. The van der Waals surface area contributed by atoms with E-state index in [9.17, 15) is 14.4 Å². The van der Waals surface area contributed by atoms with E-state index in [-0.39, 0.29) is 5.82 Å². The summed E-state index contributed by atoms with van der Waals surface area (Å²) in [5.74, 6) is 7.90. The van der Waals surface area contributed by atoms with E-state index in [1.54, 1.807) is 100 Å². The lowest BCUT2D eigenvalue weighted by Crippen LogP contribution is -2.44. The molecule has 2 aliphatic heterocycles. The van der Waals surface area contributed by atoms with Crippen molar-refractivity contribution in [3.63, 3.8) is 0 Å². The summed E-state index contributed by atoms with van der Waals surface area (Å²) in [5, 5.41) is 7.25. The topological polar surface area (TPSA) is 216 Å². The number of anilines is 6. The van der Waals surface area contributed by atoms with Gasteiger partial charge in [-0.2, -0.15) is 4.90 Å². The maximum Gasteiger partial charge on any atom is 0.425 e. The standard InChI is InChI=1S/C21H33N3O6.C20H27ClN6.C15H22ClN3/c1-13-11-14(23-16(25)28-19(2,3)4)12-22-15(13)24(17(26)29-20(5,6)7)18(27)30-21(8,9)10;1-13-8-17(12-24-19(13)22)23-5-2-15-9-18(15)14-3-6-27(7-4-14)20-25-10-16(21)11-26-20;1-2-3-12-8-14(12)11-4-6-19(7-5-11)15-17-9-13(16)10-18-15/h11-12H,1-10H3,(H,23,25);8,10-12,14-15,18,23H,2-7,9H2,1H3,(H2,22,24);9-12,14H,2-8H2,1H3/t;15-,18-;12-,14-/m.11/s1. The van der Waals surface area contributed by atoms with Gasteiger partial charge in [-0.3, -0.25) is 5.32 Å². The summed E-state index contributed by atoms with van der Waals surface area (Å²) >= 11 is 11.7. The van der Waals surface area contributed by atoms with E-state index >= 15 is 0 Å². The molecule has 18 nitrogen and oxygen atoms in total. The van der Waals surface area contributed by atoms with Crippen LogP contribution in [0, 0.1) is 49.4 Å². The first-order valence-corrected chi connectivity index (χ1v) is 27.6. The number of aryl methyl sites for hydroxylation is 2. The third-order valence-corrected chi connectivity index (χ3v) is 14.1. The SMILES string of the molecule is CCC[C@@H]1C[C@@H]1C1CCN(c2ncc(Cl)cn2)CC1.Cc1cc(NC(=O)OC(C)(C)C)cnc1N(C(=O)OC(C)(C)C)C(=O)OC(C)(C)C.Cc1cc(NCC[C@@H]2C[C@@H]2C2CCN(c3ncc(Cl)cn3)CC2)cnc1N. The quantitative estimate of drug-likeness (QED) is 0.112. The minimum atomic E-state index is -0.916. The predicted molar refractivity (Wildman–Crippen MR) is 302 cm³/mol. The zero-order chi connectivity index (χ0) is 55.5. The zero-order valence-electron chi connectivity index (χ0n) is 46.8. The molecule has 3 amide bonds. The Morgan fingerprint density at radius 1 is 0.632 bits per heavy atom. The van der Waals surface area contributed by atoms with Gasteiger partial charge in [0.05, 0.1) is 58.6 Å². The van der Waals surface area contributed by atoms with Crippen LogP contribution in [0.1, 0.15) is 138 Å². The summed E-state index contributed by atoms with van der Waals surface area (Å²) in [4.78, 5) is 68.5. The van der Waals surface area contributed by atoms with Gasteiger partial charge in [0, 0.05) is 32.7 Å². The molecule has 4 fully saturated rings. The van der Waals surface area contributed by atoms with Crippen molar-refractivity contribution in [3.8, 4) is 0 Å². The first-order chi connectivity index (χ1) is 35.8. The zero-order valence-corrected chi connectivity index (χ0v) is 48.3. The molecular formula is C56H82Cl2N12O6. The molecule has 4 atom stereocenters. The van der Waals surface area contributed by atoms with Crippen LogP contribution in [0.3, 0.4) is 0 Å². The van der Waals surface area contributed by atoms with Crippen LogP contribution in [0.2, 0.25) is 10.0 Å². The van der Waals surface area contributed by atoms with E-state index in [1.807, 2.05) is 13.1 Å². The van der Waals surface area contributed by atoms with Crippen molar-refractivity contribution in [3.05, 3.63) is 70.5 Å². The van der Waals surface area contributed by atoms with Crippen LogP contribution in [0.5, 0.6) is 0 Å². The van der Waals surface area contributed by atoms with Crippen molar-refractivity contribution < 1.29 is 28.6 Å². The lowest BCUT2D eigenvalue weighted by atomic mass is 9.90. The number of nitrogens with one attached hydrogen (secondary N) is 2. The van der Waals surface area contributed by atoms with Gasteiger partial charge in [-0.1, -0.05) is 43.0 Å². The normalized spacial score (nSPS) is 19.7. The molecule has 2 saturated heterocycles. The largest absolute Gasteiger partial charge is 0.444 e.